The number of benzene rings is 2. The summed E-state index contributed by atoms with van der Waals surface area (Å²) in [6, 6.07) is 13.1. The molecular weight excluding hydrogens is 420 g/mol. The van der Waals surface area contributed by atoms with Gasteiger partial charge in [0.25, 0.3) is 0 Å². The molecule has 0 aliphatic rings. The molecule has 2 aromatic heterocycles. The van der Waals surface area contributed by atoms with E-state index in [1.165, 1.54) is 0 Å². The minimum atomic E-state index is -1.05. The fourth-order valence-corrected chi connectivity index (χ4v) is 3.87. The van der Waals surface area contributed by atoms with Gasteiger partial charge in [-0.2, -0.15) is 0 Å². The van der Waals surface area contributed by atoms with Crippen molar-refractivity contribution in [3.63, 3.8) is 0 Å². The van der Waals surface area contributed by atoms with E-state index in [0.29, 0.717) is 29.1 Å². The summed E-state index contributed by atoms with van der Waals surface area (Å²) in [6.45, 7) is 2.06. The van der Waals surface area contributed by atoms with Gasteiger partial charge in [-0.05, 0) is 41.6 Å². The molecule has 0 atom stereocenters. The smallest absolute Gasteiger partial charge is 0.313 e. The number of methoxy groups -OCH3 is 2. The molecule has 0 saturated carbocycles. The summed E-state index contributed by atoms with van der Waals surface area (Å²) in [7, 11) is 3.22. The van der Waals surface area contributed by atoms with Gasteiger partial charge < -0.3 is 20.5 Å². The maximum absolute atomic E-state index is 11.8. The second-order valence-electron chi connectivity index (χ2n) is 7.51. The number of nitrogens with two attached hydrogens (primary N) is 1. The number of para-hydroxylation sites is 1. The first-order valence-electron chi connectivity index (χ1n) is 10.5. The Kier molecular flexibility index (Phi) is 6.08. The number of amides is 2. The molecule has 3 N–H and O–H groups in total. The Hall–Kier alpha value is -4.20. The summed E-state index contributed by atoms with van der Waals surface area (Å²) in [5.74, 6) is -0.651. The van der Waals surface area contributed by atoms with Crippen LogP contribution in [0, 0.1) is 0 Å². The number of primary amides is 1. The van der Waals surface area contributed by atoms with Crippen molar-refractivity contribution in [3.05, 3.63) is 65.6 Å². The highest BCUT2D eigenvalue weighted by Crippen LogP contribution is 2.35. The van der Waals surface area contributed by atoms with Crippen molar-refractivity contribution in [1.29, 1.82) is 0 Å². The maximum atomic E-state index is 11.8. The minimum Gasteiger partial charge on any atom is -0.493 e. The summed E-state index contributed by atoms with van der Waals surface area (Å²) < 4.78 is 11.0. The molecule has 0 aliphatic carbocycles. The van der Waals surface area contributed by atoms with Crippen molar-refractivity contribution >= 4 is 39.2 Å². The Morgan fingerprint density at radius 2 is 1.76 bits per heavy atom. The van der Waals surface area contributed by atoms with Crippen molar-refractivity contribution in [2.45, 2.75) is 19.8 Å². The Balaban J connectivity index is 1.80. The van der Waals surface area contributed by atoms with E-state index in [-0.39, 0.29) is 0 Å². The van der Waals surface area contributed by atoms with Gasteiger partial charge in [-0.3, -0.25) is 19.6 Å². The van der Waals surface area contributed by atoms with Crippen molar-refractivity contribution in [2.75, 3.05) is 19.5 Å². The van der Waals surface area contributed by atoms with E-state index in [4.69, 9.17) is 20.2 Å². The quantitative estimate of drug-likeness (QED) is 0.441. The minimum absolute atomic E-state index is 0.425. The molecule has 0 saturated heterocycles. The normalized spacial score (nSPS) is 10.9. The van der Waals surface area contributed by atoms with Gasteiger partial charge in [-0.25, -0.2) is 0 Å². The Labute approximate surface area is 190 Å². The lowest BCUT2D eigenvalue weighted by molar-refractivity contribution is -0.134. The maximum Gasteiger partial charge on any atom is 0.313 e. The van der Waals surface area contributed by atoms with Crippen LogP contribution >= 0.6 is 0 Å². The van der Waals surface area contributed by atoms with E-state index in [0.717, 1.165) is 39.5 Å². The van der Waals surface area contributed by atoms with Crippen LogP contribution in [0.3, 0.4) is 0 Å². The highest BCUT2D eigenvalue weighted by molar-refractivity contribution is 6.39. The molecule has 8 heteroatoms. The molecule has 2 aromatic carbocycles. The number of nitrogens with one attached hydrogen (secondary N) is 1. The summed E-state index contributed by atoms with van der Waals surface area (Å²) in [6.07, 6.45) is 3.15. The van der Waals surface area contributed by atoms with Crippen LogP contribution < -0.4 is 20.5 Å². The molecule has 0 aliphatic heterocycles. The van der Waals surface area contributed by atoms with E-state index in [1.54, 1.807) is 26.4 Å². The number of nitrogens with zero attached hydrogens (tertiary/aromatic N) is 2. The topological polar surface area (TPSA) is 116 Å². The number of fused-ring (bicyclic) bond motifs is 2. The number of anilines is 1. The van der Waals surface area contributed by atoms with Crippen molar-refractivity contribution in [1.82, 2.24) is 9.97 Å². The van der Waals surface area contributed by atoms with Gasteiger partial charge in [0.1, 0.15) is 0 Å². The van der Waals surface area contributed by atoms with Gasteiger partial charge in [0.2, 0.25) is 0 Å². The number of hydrogen-bond donors (Lipinski definition) is 2. The van der Waals surface area contributed by atoms with E-state index in [2.05, 4.69) is 17.2 Å². The van der Waals surface area contributed by atoms with E-state index >= 15 is 0 Å². The number of pyridine rings is 2. The number of rotatable bonds is 6. The van der Waals surface area contributed by atoms with Gasteiger partial charge in [-0.15, -0.1) is 0 Å². The molecule has 4 rings (SSSR count). The van der Waals surface area contributed by atoms with Gasteiger partial charge in [0.15, 0.2) is 11.5 Å². The molecular formula is C25H24N4O4. The Morgan fingerprint density at radius 1 is 1.03 bits per heavy atom. The van der Waals surface area contributed by atoms with Crippen LogP contribution in [-0.2, 0) is 22.4 Å². The zero-order valence-electron chi connectivity index (χ0n) is 18.6. The number of aryl methyl sites for hydroxylation is 1. The molecule has 2 amide bonds. The third kappa shape index (κ3) is 4.27. The zero-order chi connectivity index (χ0) is 23.5. The summed E-state index contributed by atoms with van der Waals surface area (Å²) in [5, 5.41) is 5.37. The summed E-state index contributed by atoms with van der Waals surface area (Å²) in [4.78, 5) is 32.4. The predicted octanol–water partition coefficient (Wildman–Crippen LogP) is 3.38. The lowest BCUT2D eigenvalue weighted by Crippen LogP contribution is -2.29. The lowest BCUT2D eigenvalue weighted by Gasteiger charge is -2.14. The number of aromatic nitrogens is 2. The number of hydrogen-bond acceptors (Lipinski definition) is 6. The first-order chi connectivity index (χ1) is 15.9. The van der Waals surface area contributed by atoms with Gasteiger partial charge in [0.05, 0.1) is 25.4 Å². The summed E-state index contributed by atoms with van der Waals surface area (Å²) in [5.41, 5.74) is 8.82. The molecule has 8 nitrogen and oxygen atoms in total. The molecule has 2 heterocycles. The lowest BCUT2D eigenvalue weighted by atomic mass is 9.99. The van der Waals surface area contributed by atoms with Crippen LogP contribution in [-0.4, -0.2) is 36.0 Å². The predicted molar refractivity (Wildman–Crippen MR) is 127 cm³/mol. The average molecular weight is 444 g/mol. The Bertz CT molecular complexity index is 1380. The molecule has 168 valence electrons. The first kappa shape index (κ1) is 22.0. The van der Waals surface area contributed by atoms with Gasteiger partial charge in [-0.1, -0.05) is 25.1 Å². The number of carbonyl (C=O) groups is 2. The second-order valence-corrected chi connectivity index (χ2v) is 7.51. The van der Waals surface area contributed by atoms with Gasteiger partial charge in [0, 0.05) is 34.8 Å². The summed E-state index contributed by atoms with van der Waals surface area (Å²) >= 11 is 0. The van der Waals surface area contributed by atoms with E-state index < -0.39 is 11.8 Å². The molecule has 0 bridgehead atoms. The van der Waals surface area contributed by atoms with Crippen LogP contribution in [0.15, 0.2) is 48.7 Å². The van der Waals surface area contributed by atoms with Crippen LogP contribution in [0.2, 0.25) is 0 Å². The highest BCUT2D eigenvalue weighted by atomic mass is 16.5. The molecule has 0 unspecified atom stereocenters. The largest absolute Gasteiger partial charge is 0.493 e. The zero-order valence-corrected chi connectivity index (χ0v) is 18.6. The molecule has 0 radical (unpaired) electrons. The standard InChI is InChI=1S/C25H24N4O4/c1-4-19-18-12-22(33-3)21(32-2)11-17(18)15(13-27-19)10-16-9-8-14-6-5-7-20(23(14)28-16)29-25(31)24(26)30/h5-9,11-13H,4,10H2,1-3H3,(H2,26,30)(H,29,31). The number of ether oxygens (including phenoxy) is 2. The third-order valence-corrected chi connectivity index (χ3v) is 5.51. The van der Waals surface area contributed by atoms with E-state index in [9.17, 15) is 9.59 Å². The fourth-order valence-electron chi connectivity index (χ4n) is 3.87. The first-order valence-corrected chi connectivity index (χ1v) is 10.5. The van der Waals surface area contributed by atoms with Crippen molar-refractivity contribution in [2.24, 2.45) is 5.73 Å². The molecule has 4 aromatic rings. The average Bonchev–Trinajstić information content (AvgIpc) is 2.83. The second kappa shape index (κ2) is 9.12. The van der Waals surface area contributed by atoms with Gasteiger partial charge >= 0.3 is 11.8 Å². The van der Waals surface area contributed by atoms with E-state index in [1.807, 2.05) is 36.5 Å². The molecule has 0 spiro atoms. The van der Waals surface area contributed by atoms with Crippen LogP contribution in [0.25, 0.3) is 21.7 Å². The molecule has 0 fully saturated rings. The third-order valence-electron chi connectivity index (χ3n) is 5.51. The van der Waals surface area contributed by atoms with Crippen LogP contribution in [0.5, 0.6) is 11.5 Å². The van der Waals surface area contributed by atoms with Crippen LogP contribution in [0.1, 0.15) is 23.9 Å². The highest BCUT2D eigenvalue weighted by Gasteiger charge is 2.15. The van der Waals surface area contributed by atoms with Crippen molar-refractivity contribution < 1.29 is 19.1 Å². The SMILES string of the molecule is CCc1ncc(Cc2ccc3cccc(NC(=O)C(N)=O)c3n2)c2cc(OC)c(OC)cc12. The Morgan fingerprint density at radius 3 is 2.42 bits per heavy atom. The fraction of sp³-hybridized carbons (Fsp3) is 0.200. The van der Waals surface area contributed by atoms with Crippen LogP contribution in [0.4, 0.5) is 5.69 Å². The number of carbonyl (C=O) groups excluding carboxylic acids is 2. The van der Waals surface area contributed by atoms with Crippen molar-refractivity contribution in [3.8, 4) is 11.5 Å². The monoisotopic (exact) mass is 444 g/mol. The molecule has 33 heavy (non-hydrogen) atoms.